The Morgan fingerprint density at radius 3 is 2.79 bits per heavy atom. The zero-order valence-corrected chi connectivity index (χ0v) is 17.9. The summed E-state index contributed by atoms with van der Waals surface area (Å²) in [6.07, 6.45) is 7.04. The van der Waals surface area contributed by atoms with Crippen molar-refractivity contribution >= 4 is 27.3 Å². The van der Waals surface area contributed by atoms with Crippen LogP contribution in [0.15, 0.2) is 10.9 Å². The zero-order valence-electron chi connectivity index (χ0n) is 17.1. The van der Waals surface area contributed by atoms with E-state index < -0.39 is 0 Å². The van der Waals surface area contributed by atoms with Crippen molar-refractivity contribution in [1.29, 1.82) is 0 Å². The maximum atomic E-state index is 12.7. The molecule has 2 aromatic heterocycles. The zero-order chi connectivity index (χ0) is 20.2. The maximum Gasteiger partial charge on any atom is 0.275 e. The van der Waals surface area contributed by atoms with Gasteiger partial charge >= 0.3 is 0 Å². The first-order valence-electron chi connectivity index (χ1n) is 10.7. The lowest BCUT2D eigenvalue weighted by Gasteiger charge is -2.31. The number of hydrogen-bond acceptors (Lipinski definition) is 7. The van der Waals surface area contributed by atoms with E-state index >= 15 is 0 Å². The van der Waals surface area contributed by atoms with Crippen LogP contribution in [0.5, 0.6) is 0 Å². The third-order valence-corrected chi connectivity index (χ3v) is 6.82. The van der Waals surface area contributed by atoms with Crippen LogP contribution in [-0.2, 0) is 4.79 Å². The topological polar surface area (TPSA) is 82.8 Å². The van der Waals surface area contributed by atoms with Gasteiger partial charge < -0.3 is 15.1 Å². The molecule has 158 valence electrons. The Kier molecular flexibility index (Phi) is 6.44. The van der Waals surface area contributed by atoms with Gasteiger partial charge in [0.25, 0.3) is 5.56 Å². The molecule has 2 aliphatic rings. The van der Waals surface area contributed by atoms with E-state index in [0.29, 0.717) is 17.2 Å². The van der Waals surface area contributed by atoms with Gasteiger partial charge in [-0.15, -0.1) is 5.10 Å². The molecule has 1 atom stereocenters. The Bertz CT molecular complexity index is 902. The number of aryl methyl sites for hydroxylation is 1. The second kappa shape index (κ2) is 9.21. The van der Waals surface area contributed by atoms with Crippen molar-refractivity contribution in [3.05, 3.63) is 22.1 Å². The number of aromatic nitrogens is 3. The van der Waals surface area contributed by atoms with E-state index in [9.17, 15) is 9.59 Å². The van der Waals surface area contributed by atoms with Gasteiger partial charge in [0.05, 0.1) is 5.92 Å². The molecule has 2 aromatic rings. The summed E-state index contributed by atoms with van der Waals surface area (Å²) in [4.78, 5) is 34.4. The van der Waals surface area contributed by atoms with Crippen molar-refractivity contribution in [1.82, 2.24) is 24.8 Å². The molecule has 1 N–H and O–H groups in total. The SMILES string of the molecule is Cc1cc(=O)n2nc(N3CCC[C@H](C(=O)NCCN4CCCCCC4)C3)sc2n1. The molecule has 29 heavy (non-hydrogen) atoms. The van der Waals surface area contributed by atoms with Gasteiger partial charge in [-0.1, -0.05) is 24.2 Å². The van der Waals surface area contributed by atoms with Gasteiger partial charge in [-0.2, -0.15) is 4.52 Å². The molecule has 2 saturated heterocycles. The number of anilines is 1. The lowest BCUT2D eigenvalue weighted by atomic mass is 9.97. The Morgan fingerprint density at radius 1 is 1.21 bits per heavy atom. The number of nitrogens with zero attached hydrogens (tertiary/aromatic N) is 5. The predicted octanol–water partition coefficient (Wildman–Crippen LogP) is 1.67. The molecule has 8 nitrogen and oxygen atoms in total. The van der Waals surface area contributed by atoms with Crippen molar-refractivity contribution in [2.75, 3.05) is 44.2 Å². The summed E-state index contributed by atoms with van der Waals surface area (Å²) >= 11 is 1.41. The Morgan fingerprint density at radius 2 is 2.00 bits per heavy atom. The molecule has 0 bridgehead atoms. The van der Waals surface area contributed by atoms with E-state index in [-0.39, 0.29) is 17.4 Å². The van der Waals surface area contributed by atoms with Gasteiger partial charge in [-0.25, -0.2) is 4.98 Å². The lowest BCUT2D eigenvalue weighted by Crippen LogP contribution is -2.45. The van der Waals surface area contributed by atoms with Crippen LogP contribution in [0.1, 0.15) is 44.2 Å². The average Bonchev–Trinajstić information content (AvgIpc) is 2.97. The smallest absolute Gasteiger partial charge is 0.275 e. The third-order valence-electron chi connectivity index (χ3n) is 5.85. The van der Waals surface area contributed by atoms with Crippen molar-refractivity contribution in [2.45, 2.75) is 45.4 Å². The number of amides is 1. The van der Waals surface area contributed by atoms with Crippen LogP contribution >= 0.6 is 11.3 Å². The number of carbonyl (C=O) groups is 1. The number of piperidine rings is 1. The van der Waals surface area contributed by atoms with Crippen LogP contribution in [0.3, 0.4) is 0 Å². The highest BCUT2D eigenvalue weighted by Crippen LogP contribution is 2.27. The minimum atomic E-state index is -0.158. The van der Waals surface area contributed by atoms with Crippen LogP contribution in [0, 0.1) is 12.8 Å². The molecular weight excluding hydrogens is 388 g/mol. The third kappa shape index (κ3) is 4.95. The van der Waals surface area contributed by atoms with E-state index in [4.69, 9.17) is 0 Å². The molecule has 9 heteroatoms. The Labute approximate surface area is 174 Å². The van der Waals surface area contributed by atoms with Crippen LogP contribution in [-0.4, -0.2) is 64.7 Å². The van der Waals surface area contributed by atoms with Gasteiger partial charge in [0.1, 0.15) is 0 Å². The molecule has 2 fully saturated rings. The molecule has 0 saturated carbocycles. The van der Waals surface area contributed by atoms with Crippen LogP contribution in [0.25, 0.3) is 4.96 Å². The van der Waals surface area contributed by atoms with Crippen LogP contribution < -0.4 is 15.8 Å². The number of rotatable bonds is 5. The summed E-state index contributed by atoms with van der Waals surface area (Å²) in [6.45, 7) is 7.26. The van der Waals surface area contributed by atoms with E-state index in [1.54, 1.807) is 0 Å². The monoisotopic (exact) mass is 418 g/mol. The number of fused-ring (bicyclic) bond motifs is 1. The number of carbonyl (C=O) groups excluding carboxylic acids is 1. The summed E-state index contributed by atoms with van der Waals surface area (Å²) in [6, 6.07) is 1.49. The van der Waals surface area contributed by atoms with Crippen molar-refractivity contribution in [3.8, 4) is 0 Å². The quantitative estimate of drug-likeness (QED) is 0.795. The van der Waals surface area contributed by atoms with E-state index in [1.165, 1.54) is 47.6 Å². The van der Waals surface area contributed by atoms with Gasteiger partial charge in [0, 0.05) is 37.9 Å². The van der Waals surface area contributed by atoms with Crippen molar-refractivity contribution < 1.29 is 4.79 Å². The van der Waals surface area contributed by atoms with Crippen LogP contribution in [0.4, 0.5) is 5.13 Å². The fourth-order valence-electron chi connectivity index (χ4n) is 4.24. The molecule has 0 radical (unpaired) electrons. The summed E-state index contributed by atoms with van der Waals surface area (Å²) in [5.74, 6) is 0.100. The molecule has 4 rings (SSSR count). The Hall–Kier alpha value is -2.00. The second-order valence-electron chi connectivity index (χ2n) is 8.15. The number of hydrogen-bond donors (Lipinski definition) is 1. The normalized spacial score (nSPS) is 21.3. The molecular formula is C20H30N6O2S. The summed E-state index contributed by atoms with van der Waals surface area (Å²) in [5.41, 5.74) is 0.542. The predicted molar refractivity (Wildman–Crippen MR) is 115 cm³/mol. The number of nitrogens with one attached hydrogen (secondary N) is 1. The molecule has 2 aliphatic heterocycles. The van der Waals surface area contributed by atoms with Gasteiger partial charge in [-0.05, 0) is 45.7 Å². The van der Waals surface area contributed by atoms with Gasteiger partial charge in [0.15, 0.2) is 0 Å². The minimum Gasteiger partial charge on any atom is -0.355 e. The fourth-order valence-corrected chi connectivity index (χ4v) is 5.23. The number of likely N-dealkylation sites (tertiary alicyclic amines) is 1. The average molecular weight is 419 g/mol. The van der Waals surface area contributed by atoms with E-state index in [1.807, 2.05) is 6.92 Å². The Balaban J connectivity index is 1.33. The van der Waals surface area contributed by atoms with Gasteiger partial charge in [0.2, 0.25) is 16.0 Å². The highest BCUT2D eigenvalue weighted by molar-refractivity contribution is 7.20. The standard InChI is InChI=1S/C20H30N6O2S/c1-15-13-17(27)26-19(22-15)29-20(23-26)25-11-6-7-16(14-25)18(28)21-8-12-24-9-4-2-3-5-10-24/h13,16H,2-12,14H2,1H3,(H,21,28)/t16-/m0/s1. The fraction of sp³-hybridized carbons (Fsp3) is 0.700. The summed E-state index contributed by atoms with van der Waals surface area (Å²) in [5, 5.41) is 8.36. The maximum absolute atomic E-state index is 12.7. The highest BCUT2D eigenvalue weighted by atomic mass is 32.1. The largest absolute Gasteiger partial charge is 0.355 e. The first-order chi connectivity index (χ1) is 14.1. The molecule has 4 heterocycles. The molecule has 0 spiro atoms. The first kappa shape index (κ1) is 20.3. The summed E-state index contributed by atoms with van der Waals surface area (Å²) < 4.78 is 1.36. The van der Waals surface area contributed by atoms with Gasteiger partial charge in [-0.3, -0.25) is 9.59 Å². The lowest BCUT2D eigenvalue weighted by molar-refractivity contribution is -0.125. The van der Waals surface area contributed by atoms with Crippen molar-refractivity contribution in [2.24, 2.45) is 5.92 Å². The molecule has 0 unspecified atom stereocenters. The molecule has 0 aliphatic carbocycles. The van der Waals surface area contributed by atoms with E-state index in [2.05, 4.69) is 25.2 Å². The molecule has 0 aromatic carbocycles. The minimum absolute atomic E-state index is 0.0358. The summed E-state index contributed by atoms with van der Waals surface area (Å²) in [7, 11) is 0. The molecule has 1 amide bonds. The van der Waals surface area contributed by atoms with Crippen molar-refractivity contribution in [3.63, 3.8) is 0 Å². The second-order valence-corrected chi connectivity index (χ2v) is 9.08. The highest BCUT2D eigenvalue weighted by Gasteiger charge is 2.28. The van der Waals surface area contributed by atoms with Crippen LogP contribution in [0.2, 0.25) is 0 Å². The van der Waals surface area contributed by atoms with E-state index in [0.717, 1.165) is 50.7 Å². The first-order valence-corrected chi connectivity index (χ1v) is 11.5.